The second kappa shape index (κ2) is 7.20. The summed E-state index contributed by atoms with van der Waals surface area (Å²) in [6.07, 6.45) is 3.45. The molecule has 8 heteroatoms. The molecule has 24 heavy (non-hydrogen) atoms. The third kappa shape index (κ3) is 3.76. The zero-order valence-corrected chi connectivity index (χ0v) is 13.9. The van der Waals surface area contributed by atoms with Crippen LogP contribution in [0.4, 0.5) is 11.8 Å². The molecule has 3 rings (SSSR count). The Bertz CT molecular complexity index is 667. The van der Waals surface area contributed by atoms with Crippen molar-refractivity contribution in [2.75, 3.05) is 36.4 Å². The van der Waals surface area contributed by atoms with Gasteiger partial charge in [-0.2, -0.15) is 0 Å². The highest BCUT2D eigenvalue weighted by Gasteiger charge is 2.24. The van der Waals surface area contributed by atoms with E-state index in [1.165, 1.54) is 0 Å². The summed E-state index contributed by atoms with van der Waals surface area (Å²) in [6, 6.07) is 5.56. The van der Waals surface area contributed by atoms with Gasteiger partial charge in [0.25, 0.3) is 5.91 Å². The maximum absolute atomic E-state index is 12.5. The van der Waals surface area contributed by atoms with Crippen LogP contribution >= 0.6 is 0 Å². The number of nitrogens with one attached hydrogen (secondary N) is 1. The molecule has 1 saturated heterocycles. The summed E-state index contributed by atoms with van der Waals surface area (Å²) in [7, 11) is 0. The van der Waals surface area contributed by atoms with Crippen molar-refractivity contribution in [2.24, 2.45) is 0 Å². The topological polar surface area (TPSA) is 87.1 Å². The molecule has 1 aliphatic rings. The molecular formula is C16H21N7O. The lowest BCUT2D eigenvalue weighted by Gasteiger charge is -2.34. The molecule has 1 fully saturated rings. The van der Waals surface area contributed by atoms with Crippen LogP contribution in [0.15, 0.2) is 30.6 Å². The van der Waals surface area contributed by atoms with Gasteiger partial charge < -0.3 is 15.1 Å². The fourth-order valence-electron chi connectivity index (χ4n) is 2.55. The second-order valence-electron chi connectivity index (χ2n) is 5.93. The molecule has 1 N–H and O–H groups in total. The van der Waals surface area contributed by atoms with Gasteiger partial charge in [0.1, 0.15) is 5.82 Å². The van der Waals surface area contributed by atoms with Crippen molar-refractivity contribution in [2.45, 2.75) is 19.9 Å². The molecule has 1 amide bonds. The van der Waals surface area contributed by atoms with Crippen LogP contribution in [0.3, 0.4) is 0 Å². The normalized spacial score (nSPS) is 14.8. The van der Waals surface area contributed by atoms with E-state index < -0.39 is 0 Å². The number of piperazine rings is 1. The van der Waals surface area contributed by atoms with Gasteiger partial charge in [0.05, 0.1) is 0 Å². The summed E-state index contributed by atoms with van der Waals surface area (Å²) in [4.78, 5) is 24.9. The SMILES string of the molecule is CC(C)Nc1ccc(C(=O)N2CCN(c3ncccn3)CC2)nn1. The van der Waals surface area contributed by atoms with Gasteiger partial charge >= 0.3 is 0 Å². The van der Waals surface area contributed by atoms with Crippen LogP contribution in [0.5, 0.6) is 0 Å². The van der Waals surface area contributed by atoms with Gasteiger partial charge in [0.2, 0.25) is 5.95 Å². The van der Waals surface area contributed by atoms with E-state index in [-0.39, 0.29) is 11.9 Å². The highest BCUT2D eigenvalue weighted by atomic mass is 16.2. The summed E-state index contributed by atoms with van der Waals surface area (Å²) >= 11 is 0. The van der Waals surface area contributed by atoms with Gasteiger partial charge in [-0.25, -0.2) is 9.97 Å². The quantitative estimate of drug-likeness (QED) is 0.898. The second-order valence-corrected chi connectivity index (χ2v) is 5.93. The molecule has 126 valence electrons. The lowest BCUT2D eigenvalue weighted by Crippen LogP contribution is -2.49. The van der Waals surface area contributed by atoms with Crippen LogP contribution in [0, 0.1) is 0 Å². The zero-order valence-electron chi connectivity index (χ0n) is 13.9. The van der Waals surface area contributed by atoms with Crippen LogP contribution in [-0.4, -0.2) is 63.2 Å². The van der Waals surface area contributed by atoms with Crippen LogP contribution in [-0.2, 0) is 0 Å². The largest absolute Gasteiger partial charge is 0.366 e. The third-order valence-electron chi connectivity index (χ3n) is 3.72. The number of carbonyl (C=O) groups is 1. The van der Waals surface area contributed by atoms with Gasteiger partial charge in [-0.3, -0.25) is 4.79 Å². The van der Waals surface area contributed by atoms with Crippen molar-refractivity contribution < 1.29 is 4.79 Å². The lowest BCUT2D eigenvalue weighted by atomic mass is 10.2. The van der Waals surface area contributed by atoms with E-state index in [0.29, 0.717) is 43.6 Å². The number of carbonyl (C=O) groups excluding carboxylic acids is 1. The third-order valence-corrected chi connectivity index (χ3v) is 3.72. The number of hydrogen-bond donors (Lipinski definition) is 1. The Kier molecular flexibility index (Phi) is 4.83. The van der Waals surface area contributed by atoms with Crippen LogP contribution < -0.4 is 10.2 Å². The van der Waals surface area contributed by atoms with Crippen LogP contribution in [0.1, 0.15) is 24.3 Å². The van der Waals surface area contributed by atoms with E-state index >= 15 is 0 Å². The van der Waals surface area contributed by atoms with Crippen molar-refractivity contribution in [1.82, 2.24) is 25.1 Å². The Hall–Kier alpha value is -2.77. The minimum atomic E-state index is -0.0905. The maximum atomic E-state index is 12.5. The summed E-state index contributed by atoms with van der Waals surface area (Å²) in [5.74, 6) is 1.29. The Morgan fingerprint density at radius 3 is 2.38 bits per heavy atom. The summed E-state index contributed by atoms with van der Waals surface area (Å²) in [6.45, 7) is 6.69. The first-order chi connectivity index (χ1) is 11.6. The van der Waals surface area contributed by atoms with Crippen molar-refractivity contribution in [3.8, 4) is 0 Å². The Balaban J connectivity index is 1.59. The lowest BCUT2D eigenvalue weighted by molar-refractivity contribution is 0.0739. The first kappa shape index (κ1) is 16.1. The molecule has 0 bridgehead atoms. The van der Waals surface area contributed by atoms with Gasteiger partial charge in [0, 0.05) is 44.6 Å². The highest BCUT2D eigenvalue weighted by molar-refractivity contribution is 5.92. The van der Waals surface area contributed by atoms with E-state index in [4.69, 9.17) is 0 Å². The number of nitrogens with zero attached hydrogens (tertiary/aromatic N) is 6. The Morgan fingerprint density at radius 2 is 1.79 bits per heavy atom. The van der Waals surface area contributed by atoms with Crippen LogP contribution in [0.25, 0.3) is 0 Å². The first-order valence-electron chi connectivity index (χ1n) is 8.05. The minimum absolute atomic E-state index is 0.0905. The number of aromatic nitrogens is 4. The molecule has 0 aliphatic carbocycles. The highest BCUT2D eigenvalue weighted by Crippen LogP contribution is 2.12. The maximum Gasteiger partial charge on any atom is 0.274 e. The summed E-state index contributed by atoms with van der Waals surface area (Å²) < 4.78 is 0. The predicted octanol–water partition coefficient (Wildman–Crippen LogP) is 1.05. The van der Waals surface area contributed by atoms with Crippen molar-refractivity contribution in [1.29, 1.82) is 0 Å². The Labute approximate surface area is 140 Å². The van der Waals surface area contributed by atoms with E-state index in [1.807, 2.05) is 13.8 Å². The van der Waals surface area contributed by atoms with Crippen molar-refractivity contribution >= 4 is 17.7 Å². The fourth-order valence-corrected chi connectivity index (χ4v) is 2.55. The standard InChI is InChI=1S/C16H21N7O/c1-12(2)19-14-5-4-13(20-21-14)15(24)22-8-10-23(11-9-22)16-17-6-3-7-18-16/h3-7,12H,8-11H2,1-2H3,(H,19,21). The molecule has 0 aromatic carbocycles. The monoisotopic (exact) mass is 327 g/mol. The molecule has 3 heterocycles. The average Bonchev–Trinajstić information content (AvgIpc) is 2.62. The van der Waals surface area contributed by atoms with Gasteiger partial charge in [-0.1, -0.05) is 0 Å². The molecular weight excluding hydrogens is 306 g/mol. The fraction of sp³-hybridized carbons (Fsp3) is 0.438. The smallest absolute Gasteiger partial charge is 0.274 e. The zero-order chi connectivity index (χ0) is 16.9. The van der Waals surface area contributed by atoms with Crippen molar-refractivity contribution in [3.63, 3.8) is 0 Å². The van der Waals surface area contributed by atoms with Crippen molar-refractivity contribution in [3.05, 3.63) is 36.3 Å². The minimum Gasteiger partial charge on any atom is -0.366 e. The molecule has 2 aromatic rings. The number of amides is 1. The molecule has 0 radical (unpaired) electrons. The molecule has 8 nitrogen and oxygen atoms in total. The molecule has 0 atom stereocenters. The van der Waals surface area contributed by atoms with E-state index in [2.05, 4.69) is 30.4 Å². The van der Waals surface area contributed by atoms with E-state index in [0.717, 1.165) is 0 Å². The Morgan fingerprint density at radius 1 is 1.08 bits per heavy atom. The van der Waals surface area contributed by atoms with E-state index in [1.54, 1.807) is 35.5 Å². The molecule has 1 aliphatic heterocycles. The number of rotatable bonds is 4. The molecule has 0 spiro atoms. The summed E-state index contributed by atoms with van der Waals surface area (Å²) in [5.41, 5.74) is 0.369. The predicted molar refractivity (Wildman–Crippen MR) is 90.9 cm³/mol. The summed E-state index contributed by atoms with van der Waals surface area (Å²) in [5, 5.41) is 11.3. The number of anilines is 2. The van der Waals surface area contributed by atoms with Gasteiger partial charge in [-0.05, 0) is 32.0 Å². The molecule has 0 saturated carbocycles. The van der Waals surface area contributed by atoms with Gasteiger partial charge in [0.15, 0.2) is 5.69 Å². The van der Waals surface area contributed by atoms with E-state index in [9.17, 15) is 4.79 Å². The molecule has 2 aromatic heterocycles. The number of hydrogen-bond acceptors (Lipinski definition) is 7. The van der Waals surface area contributed by atoms with Crippen LogP contribution in [0.2, 0.25) is 0 Å². The average molecular weight is 327 g/mol. The first-order valence-corrected chi connectivity index (χ1v) is 8.05. The molecule has 0 unspecified atom stereocenters. The van der Waals surface area contributed by atoms with Gasteiger partial charge in [-0.15, -0.1) is 10.2 Å².